The van der Waals surface area contributed by atoms with Crippen molar-refractivity contribution in [3.63, 3.8) is 0 Å². The van der Waals surface area contributed by atoms with Crippen LogP contribution in [0.3, 0.4) is 0 Å². The molecule has 2 N–H and O–H groups in total. The van der Waals surface area contributed by atoms with Crippen molar-refractivity contribution in [1.82, 2.24) is 10.2 Å². The Kier molecular flexibility index (Phi) is 4.20. The number of aromatic nitrogens is 2. The number of hydrogen-bond acceptors (Lipinski definition) is 4. The third-order valence-corrected chi connectivity index (χ3v) is 3.30. The number of halogens is 1. The van der Waals surface area contributed by atoms with Gasteiger partial charge in [-0.3, -0.25) is 10.2 Å². The SMILES string of the molecule is C/C(=N/Nc1cn[nH]c(=O)c1Cl)c1cc(C)ccc1C. The molecule has 0 atom stereocenters. The monoisotopic (exact) mass is 290 g/mol. The Bertz CT molecular complexity index is 721. The van der Waals surface area contributed by atoms with E-state index < -0.39 is 5.56 Å². The van der Waals surface area contributed by atoms with Gasteiger partial charge in [-0.05, 0) is 32.4 Å². The molecule has 1 aromatic heterocycles. The summed E-state index contributed by atoms with van der Waals surface area (Å²) in [6, 6.07) is 6.16. The van der Waals surface area contributed by atoms with Crippen LogP contribution in [-0.2, 0) is 0 Å². The van der Waals surface area contributed by atoms with E-state index in [0.717, 1.165) is 22.4 Å². The van der Waals surface area contributed by atoms with Crippen LogP contribution >= 0.6 is 11.6 Å². The Labute approximate surface area is 121 Å². The maximum absolute atomic E-state index is 11.3. The van der Waals surface area contributed by atoms with Gasteiger partial charge in [-0.2, -0.15) is 10.2 Å². The number of rotatable bonds is 3. The first-order valence-corrected chi connectivity index (χ1v) is 6.48. The molecule has 0 aliphatic heterocycles. The van der Waals surface area contributed by atoms with Crippen LogP contribution in [0.25, 0.3) is 0 Å². The smallest absolute Gasteiger partial charge is 0.275 e. The number of nitrogens with one attached hydrogen (secondary N) is 2. The largest absolute Gasteiger partial charge is 0.285 e. The first-order valence-electron chi connectivity index (χ1n) is 6.10. The lowest BCUT2D eigenvalue weighted by Crippen LogP contribution is -2.11. The number of hydrogen-bond donors (Lipinski definition) is 2. The second-order valence-corrected chi connectivity index (χ2v) is 4.93. The van der Waals surface area contributed by atoms with Gasteiger partial charge in [0.15, 0.2) is 0 Å². The highest BCUT2D eigenvalue weighted by Gasteiger charge is 2.05. The van der Waals surface area contributed by atoms with E-state index in [2.05, 4.69) is 32.9 Å². The summed E-state index contributed by atoms with van der Waals surface area (Å²) in [7, 11) is 0. The fourth-order valence-corrected chi connectivity index (χ4v) is 1.92. The van der Waals surface area contributed by atoms with Crippen molar-refractivity contribution in [2.75, 3.05) is 5.43 Å². The van der Waals surface area contributed by atoms with Crippen LogP contribution in [0, 0.1) is 13.8 Å². The molecule has 0 radical (unpaired) electrons. The molecule has 0 bridgehead atoms. The third kappa shape index (κ3) is 3.05. The quantitative estimate of drug-likeness (QED) is 0.674. The molecule has 2 rings (SSSR count). The molecule has 0 amide bonds. The van der Waals surface area contributed by atoms with Crippen LogP contribution in [0.5, 0.6) is 0 Å². The minimum atomic E-state index is -0.448. The Hall–Kier alpha value is -2.14. The molecular formula is C14H15ClN4O. The van der Waals surface area contributed by atoms with Gasteiger partial charge in [-0.15, -0.1) is 0 Å². The zero-order valence-electron chi connectivity index (χ0n) is 11.5. The first-order chi connectivity index (χ1) is 9.49. The number of hydrazone groups is 1. The van der Waals surface area contributed by atoms with E-state index in [9.17, 15) is 4.79 Å². The molecule has 6 heteroatoms. The molecule has 5 nitrogen and oxygen atoms in total. The topological polar surface area (TPSA) is 70.1 Å². The molecule has 20 heavy (non-hydrogen) atoms. The highest BCUT2D eigenvalue weighted by atomic mass is 35.5. The second kappa shape index (κ2) is 5.88. The predicted octanol–water partition coefficient (Wildman–Crippen LogP) is 2.88. The fraction of sp³-hybridized carbons (Fsp3) is 0.214. The van der Waals surface area contributed by atoms with Gasteiger partial charge in [-0.25, -0.2) is 5.10 Å². The summed E-state index contributed by atoms with van der Waals surface area (Å²) in [5.41, 5.74) is 6.85. The molecule has 0 saturated carbocycles. The number of anilines is 1. The zero-order chi connectivity index (χ0) is 14.7. The zero-order valence-corrected chi connectivity index (χ0v) is 12.2. The molecule has 0 aliphatic rings. The van der Waals surface area contributed by atoms with E-state index in [0.29, 0.717) is 5.69 Å². The van der Waals surface area contributed by atoms with Crippen LogP contribution in [0.15, 0.2) is 34.3 Å². The highest BCUT2D eigenvalue weighted by Crippen LogP contribution is 2.16. The van der Waals surface area contributed by atoms with Gasteiger partial charge in [0.25, 0.3) is 5.56 Å². The van der Waals surface area contributed by atoms with Crippen LogP contribution in [-0.4, -0.2) is 15.9 Å². The van der Waals surface area contributed by atoms with Crippen molar-refractivity contribution < 1.29 is 0 Å². The average Bonchev–Trinajstić information content (AvgIpc) is 2.43. The second-order valence-electron chi connectivity index (χ2n) is 4.55. The van der Waals surface area contributed by atoms with Crippen LogP contribution in [0.4, 0.5) is 5.69 Å². The standard InChI is InChI=1S/C14H15ClN4O/c1-8-4-5-9(2)11(6-8)10(3)17-18-12-7-16-19-14(20)13(12)15/h4-7H,1-3H3,(H2,18,19,20)/b17-10-. The summed E-state index contributed by atoms with van der Waals surface area (Å²) in [6.07, 6.45) is 1.42. The molecule has 0 saturated heterocycles. The number of benzene rings is 1. The molecule has 0 aliphatic carbocycles. The van der Waals surface area contributed by atoms with Crippen molar-refractivity contribution in [3.05, 3.63) is 56.5 Å². The summed E-state index contributed by atoms with van der Waals surface area (Å²) in [4.78, 5) is 11.3. The van der Waals surface area contributed by atoms with Gasteiger partial charge >= 0.3 is 0 Å². The van der Waals surface area contributed by atoms with Crippen LogP contribution in [0.1, 0.15) is 23.6 Å². The molecule has 1 aromatic carbocycles. The van der Waals surface area contributed by atoms with Crippen molar-refractivity contribution >= 4 is 23.0 Å². The summed E-state index contributed by atoms with van der Waals surface area (Å²) in [5, 5.41) is 10.2. The molecule has 2 aromatic rings. The van der Waals surface area contributed by atoms with Crippen molar-refractivity contribution in [2.24, 2.45) is 5.10 Å². The summed E-state index contributed by atoms with van der Waals surface area (Å²) in [6.45, 7) is 5.94. The lowest BCUT2D eigenvalue weighted by molar-refractivity contribution is 0.986. The van der Waals surface area contributed by atoms with Crippen molar-refractivity contribution in [1.29, 1.82) is 0 Å². The van der Waals surface area contributed by atoms with E-state index in [1.807, 2.05) is 26.8 Å². The average molecular weight is 291 g/mol. The Morgan fingerprint density at radius 1 is 1.40 bits per heavy atom. The predicted molar refractivity (Wildman–Crippen MR) is 81.6 cm³/mol. The Morgan fingerprint density at radius 3 is 2.90 bits per heavy atom. The number of aryl methyl sites for hydroxylation is 2. The maximum Gasteiger partial charge on any atom is 0.285 e. The number of nitrogens with zero attached hydrogens (tertiary/aromatic N) is 2. The van der Waals surface area contributed by atoms with E-state index in [1.54, 1.807) is 0 Å². The van der Waals surface area contributed by atoms with Gasteiger partial charge in [0.2, 0.25) is 0 Å². The minimum absolute atomic E-state index is 0.0394. The first kappa shape index (κ1) is 14.3. The Morgan fingerprint density at radius 2 is 2.15 bits per heavy atom. The van der Waals surface area contributed by atoms with Gasteiger partial charge < -0.3 is 0 Å². The normalized spacial score (nSPS) is 11.5. The number of H-pyrrole nitrogens is 1. The minimum Gasteiger partial charge on any atom is -0.275 e. The molecule has 104 valence electrons. The maximum atomic E-state index is 11.3. The number of aromatic amines is 1. The summed E-state index contributed by atoms with van der Waals surface area (Å²) < 4.78 is 0. The van der Waals surface area contributed by atoms with Crippen LogP contribution < -0.4 is 11.0 Å². The van der Waals surface area contributed by atoms with Crippen molar-refractivity contribution in [3.8, 4) is 0 Å². The lowest BCUT2D eigenvalue weighted by Gasteiger charge is -2.08. The molecule has 0 fully saturated rings. The van der Waals surface area contributed by atoms with E-state index >= 15 is 0 Å². The lowest BCUT2D eigenvalue weighted by atomic mass is 10.0. The highest BCUT2D eigenvalue weighted by molar-refractivity contribution is 6.32. The van der Waals surface area contributed by atoms with Gasteiger partial charge in [-0.1, -0.05) is 29.3 Å². The molecule has 1 heterocycles. The molecular weight excluding hydrogens is 276 g/mol. The summed E-state index contributed by atoms with van der Waals surface area (Å²) in [5.74, 6) is 0. The fourth-order valence-electron chi connectivity index (χ4n) is 1.79. The van der Waals surface area contributed by atoms with Gasteiger partial charge in [0.1, 0.15) is 10.7 Å². The molecule has 0 unspecified atom stereocenters. The van der Waals surface area contributed by atoms with E-state index in [4.69, 9.17) is 11.6 Å². The molecule has 0 spiro atoms. The van der Waals surface area contributed by atoms with Crippen molar-refractivity contribution in [2.45, 2.75) is 20.8 Å². The Balaban J connectivity index is 2.29. The van der Waals surface area contributed by atoms with Crippen LogP contribution in [0.2, 0.25) is 5.02 Å². The van der Waals surface area contributed by atoms with Gasteiger partial charge in [0.05, 0.1) is 11.9 Å². The van der Waals surface area contributed by atoms with E-state index in [-0.39, 0.29) is 5.02 Å². The van der Waals surface area contributed by atoms with Gasteiger partial charge in [0, 0.05) is 5.56 Å². The summed E-state index contributed by atoms with van der Waals surface area (Å²) >= 11 is 5.86. The third-order valence-electron chi connectivity index (χ3n) is 2.92. The van der Waals surface area contributed by atoms with E-state index in [1.165, 1.54) is 6.20 Å².